The lowest BCUT2D eigenvalue weighted by Gasteiger charge is -2.17. The highest BCUT2D eigenvalue weighted by molar-refractivity contribution is 7.13. The third-order valence-electron chi connectivity index (χ3n) is 4.35. The number of carbonyl (C=O) groups excluding carboxylic acids is 1. The highest BCUT2D eigenvalue weighted by atomic mass is 32.1. The van der Waals surface area contributed by atoms with Crippen molar-refractivity contribution in [3.8, 4) is 0 Å². The molecule has 0 aliphatic carbocycles. The summed E-state index contributed by atoms with van der Waals surface area (Å²) in [4.78, 5) is 24.1. The molecule has 1 aromatic heterocycles. The fraction of sp³-hybridized carbons (Fsp3) is 0.500. The molecule has 0 radical (unpaired) electrons. The lowest BCUT2D eigenvalue weighted by atomic mass is 10.1. The number of hydrogen-bond donors (Lipinski definition) is 2. The minimum atomic E-state index is -0.316. The predicted octanol–water partition coefficient (Wildman–Crippen LogP) is 3.51. The molecular weight excluding hydrogens is 398 g/mol. The number of benzene rings is 1. The van der Waals surface area contributed by atoms with Crippen LogP contribution < -0.4 is 10.6 Å². The number of esters is 1. The number of guanidine groups is 1. The first-order valence-corrected chi connectivity index (χ1v) is 11.1. The summed E-state index contributed by atoms with van der Waals surface area (Å²) in [7, 11) is 4.13. The fourth-order valence-electron chi connectivity index (χ4n) is 2.95. The maximum absolute atomic E-state index is 12.1. The molecule has 2 rings (SSSR count). The Morgan fingerprint density at radius 1 is 1.27 bits per heavy atom. The number of aliphatic imine (C=N–C) groups is 1. The summed E-state index contributed by atoms with van der Waals surface area (Å²) >= 11 is 1.36. The van der Waals surface area contributed by atoms with E-state index < -0.39 is 0 Å². The van der Waals surface area contributed by atoms with E-state index in [2.05, 4.69) is 52.8 Å². The number of aryl methyl sites for hydroxylation is 1. The van der Waals surface area contributed by atoms with E-state index in [0.717, 1.165) is 24.1 Å². The summed E-state index contributed by atoms with van der Waals surface area (Å²) < 4.78 is 5.12. The number of rotatable bonds is 9. The molecule has 30 heavy (non-hydrogen) atoms. The molecule has 0 amide bonds. The van der Waals surface area contributed by atoms with E-state index in [1.807, 2.05) is 26.8 Å². The van der Waals surface area contributed by atoms with E-state index in [4.69, 9.17) is 9.73 Å². The van der Waals surface area contributed by atoms with Crippen molar-refractivity contribution in [2.24, 2.45) is 4.99 Å². The largest absolute Gasteiger partial charge is 0.462 e. The zero-order valence-electron chi connectivity index (χ0n) is 18.8. The normalized spacial score (nSPS) is 12.7. The van der Waals surface area contributed by atoms with Crippen LogP contribution in [0.5, 0.6) is 0 Å². The Hall–Kier alpha value is -2.45. The van der Waals surface area contributed by atoms with E-state index in [9.17, 15) is 4.79 Å². The van der Waals surface area contributed by atoms with Gasteiger partial charge in [-0.05, 0) is 52.9 Å². The molecule has 2 N–H and O–H groups in total. The number of hydrogen-bond acceptors (Lipinski definition) is 6. The number of aromatic nitrogens is 1. The molecule has 2 aromatic rings. The van der Waals surface area contributed by atoms with Crippen LogP contribution in [0.3, 0.4) is 0 Å². The van der Waals surface area contributed by atoms with Crippen LogP contribution in [0.2, 0.25) is 0 Å². The van der Waals surface area contributed by atoms with Crippen LogP contribution in [0, 0.1) is 6.92 Å². The van der Waals surface area contributed by atoms with Gasteiger partial charge in [-0.25, -0.2) is 14.8 Å². The van der Waals surface area contributed by atoms with E-state index in [0.29, 0.717) is 23.7 Å². The van der Waals surface area contributed by atoms with Gasteiger partial charge in [0.05, 0.1) is 24.9 Å². The zero-order valence-corrected chi connectivity index (χ0v) is 19.6. The summed E-state index contributed by atoms with van der Waals surface area (Å²) in [6.45, 7) is 10.2. The first kappa shape index (κ1) is 23.8. The van der Waals surface area contributed by atoms with Gasteiger partial charge < -0.3 is 20.3 Å². The van der Waals surface area contributed by atoms with Crippen molar-refractivity contribution in [3.63, 3.8) is 0 Å². The van der Waals surface area contributed by atoms with Crippen molar-refractivity contribution in [2.45, 2.75) is 46.8 Å². The van der Waals surface area contributed by atoms with Crippen molar-refractivity contribution < 1.29 is 9.53 Å². The van der Waals surface area contributed by atoms with Crippen LogP contribution in [0.4, 0.5) is 0 Å². The first-order chi connectivity index (χ1) is 14.3. The van der Waals surface area contributed by atoms with E-state index in [1.54, 1.807) is 6.92 Å². The third kappa shape index (κ3) is 6.81. The summed E-state index contributed by atoms with van der Waals surface area (Å²) in [5, 5.41) is 7.52. The maximum Gasteiger partial charge on any atom is 0.350 e. The van der Waals surface area contributed by atoms with E-state index in [1.165, 1.54) is 22.5 Å². The van der Waals surface area contributed by atoms with Gasteiger partial charge in [-0.2, -0.15) is 0 Å². The van der Waals surface area contributed by atoms with Crippen molar-refractivity contribution >= 4 is 23.3 Å². The summed E-state index contributed by atoms with van der Waals surface area (Å²) in [5.74, 6) is 0.402. The van der Waals surface area contributed by atoms with Gasteiger partial charge >= 0.3 is 5.97 Å². The molecule has 0 saturated heterocycles. The van der Waals surface area contributed by atoms with Crippen molar-refractivity contribution in [1.29, 1.82) is 0 Å². The van der Waals surface area contributed by atoms with Crippen LogP contribution in [0.15, 0.2) is 29.3 Å². The molecule has 1 heterocycles. The number of ether oxygens (including phenoxy) is 1. The minimum absolute atomic E-state index is 0.0910. The molecule has 7 nitrogen and oxygen atoms in total. The molecule has 0 spiro atoms. The molecule has 1 aromatic carbocycles. The molecule has 164 valence electrons. The monoisotopic (exact) mass is 431 g/mol. The van der Waals surface area contributed by atoms with E-state index >= 15 is 0 Å². The van der Waals surface area contributed by atoms with Crippen LogP contribution in [-0.4, -0.2) is 49.1 Å². The first-order valence-electron chi connectivity index (χ1n) is 10.3. The minimum Gasteiger partial charge on any atom is -0.462 e. The van der Waals surface area contributed by atoms with Gasteiger partial charge in [-0.3, -0.25) is 0 Å². The Kier molecular flexibility index (Phi) is 9.26. The van der Waals surface area contributed by atoms with Gasteiger partial charge in [0.25, 0.3) is 0 Å². The molecule has 8 heteroatoms. The van der Waals surface area contributed by atoms with Gasteiger partial charge in [0.1, 0.15) is 9.88 Å². The lowest BCUT2D eigenvalue weighted by molar-refractivity contribution is 0.0531. The summed E-state index contributed by atoms with van der Waals surface area (Å²) in [6.07, 6.45) is 0. The highest BCUT2D eigenvalue weighted by Gasteiger charge is 2.20. The Morgan fingerprint density at radius 3 is 2.60 bits per heavy atom. The maximum atomic E-state index is 12.1. The van der Waals surface area contributed by atoms with Crippen LogP contribution in [0.1, 0.15) is 58.3 Å². The molecule has 0 aliphatic heterocycles. The Bertz CT molecular complexity index is 863. The van der Waals surface area contributed by atoms with Crippen molar-refractivity contribution in [2.75, 3.05) is 27.2 Å². The van der Waals surface area contributed by atoms with E-state index in [-0.39, 0.29) is 12.0 Å². The van der Waals surface area contributed by atoms with Gasteiger partial charge in [-0.1, -0.05) is 24.3 Å². The molecule has 0 bridgehead atoms. The lowest BCUT2D eigenvalue weighted by Crippen LogP contribution is -2.38. The fourth-order valence-corrected chi connectivity index (χ4v) is 3.91. The molecular formula is C22H33N5O2S. The van der Waals surface area contributed by atoms with Crippen LogP contribution >= 0.6 is 11.3 Å². The molecule has 0 saturated carbocycles. The Morgan fingerprint density at radius 2 is 1.97 bits per heavy atom. The average molecular weight is 432 g/mol. The number of nitrogens with zero attached hydrogens (tertiary/aromatic N) is 3. The zero-order chi connectivity index (χ0) is 22.1. The van der Waals surface area contributed by atoms with Crippen molar-refractivity contribution in [3.05, 3.63) is 51.0 Å². The topological polar surface area (TPSA) is 78.9 Å². The smallest absolute Gasteiger partial charge is 0.350 e. The van der Waals surface area contributed by atoms with Gasteiger partial charge in [0, 0.05) is 13.1 Å². The standard InChI is InChI=1S/C22H33N5O2S/c1-7-23-22(24-13-17-11-9-10-12-18(17)14-27(5)6)26-16(4)20-25-15(3)19(30-20)21(28)29-8-2/h9-12,16H,7-8,13-14H2,1-6H3,(H2,23,24,26). The SMILES string of the molecule is CCNC(=NCc1ccccc1CN(C)C)NC(C)c1nc(C)c(C(=O)OCC)s1. The molecule has 0 fully saturated rings. The Labute approximate surface area is 183 Å². The number of nitrogens with one attached hydrogen (secondary N) is 2. The van der Waals surface area contributed by atoms with Gasteiger partial charge in [0.2, 0.25) is 0 Å². The number of thiazole rings is 1. The quantitative estimate of drug-likeness (QED) is 0.359. The number of carbonyl (C=O) groups is 1. The summed E-state index contributed by atoms with van der Waals surface area (Å²) in [6, 6.07) is 8.27. The second-order valence-electron chi connectivity index (χ2n) is 7.25. The molecule has 1 unspecified atom stereocenters. The highest BCUT2D eigenvalue weighted by Crippen LogP contribution is 2.24. The predicted molar refractivity (Wildman–Crippen MR) is 123 cm³/mol. The van der Waals surface area contributed by atoms with Crippen LogP contribution in [0.25, 0.3) is 0 Å². The average Bonchev–Trinajstić information content (AvgIpc) is 3.09. The second-order valence-corrected chi connectivity index (χ2v) is 8.29. The third-order valence-corrected chi connectivity index (χ3v) is 5.67. The van der Waals surface area contributed by atoms with Crippen molar-refractivity contribution in [1.82, 2.24) is 20.5 Å². The Balaban J connectivity index is 2.14. The molecule has 1 atom stereocenters. The second kappa shape index (κ2) is 11.7. The summed E-state index contributed by atoms with van der Waals surface area (Å²) in [5.41, 5.74) is 3.16. The van der Waals surface area contributed by atoms with Gasteiger partial charge in [0.15, 0.2) is 5.96 Å². The van der Waals surface area contributed by atoms with Gasteiger partial charge in [-0.15, -0.1) is 11.3 Å². The van der Waals surface area contributed by atoms with Crippen LogP contribution in [-0.2, 0) is 17.8 Å². The molecule has 0 aliphatic rings.